The summed E-state index contributed by atoms with van der Waals surface area (Å²) >= 11 is 0. The number of hydrogen-bond acceptors (Lipinski definition) is 5. The minimum atomic E-state index is -0.518. The summed E-state index contributed by atoms with van der Waals surface area (Å²) in [7, 11) is 0. The maximum absolute atomic E-state index is 12.5. The predicted octanol–water partition coefficient (Wildman–Crippen LogP) is 14.6. The Morgan fingerprint density at radius 3 is 1.02 bits per heavy atom. The molecule has 0 heterocycles. The molecule has 0 bridgehead atoms. The zero-order valence-corrected chi connectivity index (χ0v) is 34.2. The molecule has 0 aromatic heterocycles. The van der Waals surface area contributed by atoms with Crippen LogP contribution in [0.2, 0.25) is 0 Å². The number of ether oxygens (including phenoxy) is 3. The van der Waals surface area contributed by atoms with Crippen LogP contribution < -0.4 is 0 Å². The molecule has 0 aliphatic heterocycles. The first-order valence-electron chi connectivity index (χ1n) is 22.6. The van der Waals surface area contributed by atoms with Gasteiger partial charge in [0.15, 0.2) is 6.10 Å². The molecule has 5 nitrogen and oxygen atoms in total. The molecule has 0 fully saturated rings. The molecule has 0 aliphatic carbocycles. The van der Waals surface area contributed by atoms with Crippen LogP contribution in [0.5, 0.6) is 0 Å². The molecule has 0 spiro atoms. The number of unbranched alkanes of at least 4 members (excludes halogenated alkanes) is 31. The quantitative estimate of drug-likeness (QED) is 0.0466. The van der Waals surface area contributed by atoms with E-state index in [0.717, 1.165) is 38.5 Å². The fourth-order valence-corrected chi connectivity index (χ4v) is 6.75. The number of carbonyl (C=O) groups is 2. The van der Waals surface area contributed by atoms with Gasteiger partial charge in [-0.05, 0) is 19.3 Å². The fourth-order valence-electron chi connectivity index (χ4n) is 6.75. The summed E-state index contributed by atoms with van der Waals surface area (Å²) in [6, 6.07) is 0. The van der Waals surface area contributed by atoms with Gasteiger partial charge in [0.1, 0.15) is 6.61 Å². The van der Waals surface area contributed by atoms with Crippen LogP contribution in [0.25, 0.3) is 0 Å². The first-order chi connectivity index (χ1) is 24.6. The summed E-state index contributed by atoms with van der Waals surface area (Å²) in [6.45, 7) is 7.80. The van der Waals surface area contributed by atoms with Crippen LogP contribution in [-0.2, 0) is 23.8 Å². The summed E-state index contributed by atoms with van der Waals surface area (Å²) in [5, 5.41) is 0. The van der Waals surface area contributed by atoms with Gasteiger partial charge in [-0.3, -0.25) is 9.59 Å². The monoisotopic (exact) mass is 709 g/mol. The predicted molar refractivity (Wildman–Crippen MR) is 215 cm³/mol. The van der Waals surface area contributed by atoms with Gasteiger partial charge in [0.2, 0.25) is 0 Å². The molecule has 0 amide bonds. The van der Waals surface area contributed by atoms with Crippen molar-refractivity contribution in [2.45, 2.75) is 258 Å². The Labute approximate surface area is 312 Å². The first-order valence-corrected chi connectivity index (χ1v) is 22.6. The second-order valence-corrected chi connectivity index (χ2v) is 15.3. The average molecular weight is 709 g/mol. The molecule has 0 saturated carbocycles. The van der Waals surface area contributed by atoms with Gasteiger partial charge in [-0.25, -0.2) is 0 Å². The minimum absolute atomic E-state index is 0.0948. The van der Waals surface area contributed by atoms with E-state index in [1.165, 1.54) is 180 Å². The molecule has 0 aromatic carbocycles. The summed E-state index contributed by atoms with van der Waals surface area (Å²) in [5.74, 6) is -0.392. The zero-order chi connectivity index (χ0) is 36.4. The zero-order valence-electron chi connectivity index (χ0n) is 34.2. The smallest absolute Gasteiger partial charge is 0.306 e. The van der Waals surface area contributed by atoms with E-state index < -0.39 is 6.10 Å². The standard InChI is InChI=1S/C45H88O5/c1-4-7-10-13-15-17-19-20-21-22-23-24-25-26-27-28-30-33-35-38-44(46)49-42-43(50-45(47)39-36-32-12-9-6-3)41-48-40-37-34-31-29-18-16-14-11-8-5-2/h43H,4-42H2,1-3H3. The van der Waals surface area contributed by atoms with Gasteiger partial charge in [-0.1, -0.05) is 220 Å². The molecule has 298 valence electrons. The number of rotatable bonds is 42. The highest BCUT2D eigenvalue weighted by Gasteiger charge is 2.17. The molecule has 0 saturated heterocycles. The van der Waals surface area contributed by atoms with Crippen molar-refractivity contribution >= 4 is 11.9 Å². The Kier molecular flexibility index (Phi) is 41.4. The van der Waals surface area contributed by atoms with Crippen LogP contribution in [0, 0.1) is 0 Å². The van der Waals surface area contributed by atoms with E-state index in [0.29, 0.717) is 26.1 Å². The number of esters is 2. The molecule has 0 rings (SSSR count). The van der Waals surface area contributed by atoms with Crippen LogP contribution in [0.3, 0.4) is 0 Å². The SMILES string of the molecule is CCCCCCCCCCCCCCCCCCCCCC(=O)OCC(COCCCCCCCCCCCC)OC(=O)CCCCCCC. The van der Waals surface area contributed by atoms with E-state index in [-0.39, 0.29) is 18.5 Å². The van der Waals surface area contributed by atoms with Crippen molar-refractivity contribution in [2.75, 3.05) is 19.8 Å². The van der Waals surface area contributed by atoms with Gasteiger partial charge in [0.05, 0.1) is 6.61 Å². The van der Waals surface area contributed by atoms with Crippen molar-refractivity contribution in [1.82, 2.24) is 0 Å². The third kappa shape index (κ3) is 39.7. The van der Waals surface area contributed by atoms with E-state index >= 15 is 0 Å². The molecule has 50 heavy (non-hydrogen) atoms. The van der Waals surface area contributed by atoms with Crippen LogP contribution in [-0.4, -0.2) is 37.9 Å². The van der Waals surface area contributed by atoms with Crippen molar-refractivity contribution in [3.8, 4) is 0 Å². The largest absolute Gasteiger partial charge is 0.462 e. The highest BCUT2D eigenvalue weighted by Crippen LogP contribution is 2.16. The normalized spacial score (nSPS) is 12.0. The second-order valence-electron chi connectivity index (χ2n) is 15.3. The van der Waals surface area contributed by atoms with Crippen molar-refractivity contribution < 1.29 is 23.8 Å². The lowest BCUT2D eigenvalue weighted by Crippen LogP contribution is -2.30. The molecule has 5 heteroatoms. The highest BCUT2D eigenvalue weighted by molar-refractivity contribution is 5.70. The van der Waals surface area contributed by atoms with Gasteiger partial charge in [0.25, 0.3) is 0 Å². The molecular weight excluding hydrogens is 620 g/mol. The molecular formula is C45H88O5. The van der Waals surface area contributed by atoms with Crippen LogP contribution in [0.1, 0.15) is 252 Å². The summed E-state index contributed by atoms with van der Waals surface area (Å²) < 4.78 is 17.2. The third-order valence-electron chi connectivity index (χ3n) is 10.1. The van der Waals surface area contributed by atoms with Crippen molar-refractivity contribution in [3.05, 3.63) is 0 Å². The summed E-state index contributed by atoms with van der Waals surface area (Å²) in [5.41, 5.74) is 0. The van der Waals surface area contributed by atoms with Crippen LogP contribution in [0.4, 0.5) is 0 Å². The first kappa shape index (κ1) is 48.9. The van der Waals surface area contributed by atoms with Gasteiger partial charge in [0, 0.05) is 19.4 Å². The molecule has 0 N–H and O–H groups in total. The van der Waals surface area contributed by atoms with Crippen LogP contribution in [0.15, 0.2) is 0 Å². The lowest BCUT2D eigenvalue weighted by atomic mass is 10.0. The maximum atomic E-state index is 12.5. The average Bonchev–Trinajstić information content (AvgIpc) is 3.11. The number of hydrogen-bond donors (Lipinski definition) is 0. The molecule has 0 radical (unpaired) electrons. The topological polar surface area (TPSA) is 61.8 Å². The Hall–Kier alpha value is -1.10. The fraction of sp³-hybridized carbons (Fsp3) is 0.956. The van der Waals surface area contributed by atoms with E-state index in [1.807, 2.05) is 0 Å². The molecule has 1 unspecified atom stereocenters. The third-order valence-corrected chi connectivity index (χ3v) is 10.1. The van der Waals surface area contributed by atoms with Crippen molar-refractivity contribution in [1.29, 1.82) is 0 Å². The number of carbonyl (C=O) groups excluding carboxylic acids is 2. The minimum Gasteiger partial charge on any atom is -0.462 e. The van der Waals surface area contributed by atoms with Gasteiger partial charge in [-0.2, -0.15) is 0 Å². The van der Waals surface area contributed by atoms with Gasteiger partial charge < -0.3 is 14.2 Å². The molecule has 0 aromatic rings. The van der Waals surface area contributed by atoms with Gasteiger partial charge in [-0.15, -0.1) is 0 Å². The lowest BCUT2D eigenvalue weighted by Gasteiger charge is -2.18. The summed E-state index contributed by atoms with van der Waals surface area (Å²) in [4.78, 5) is 25.0. The maximum Gasteiger partial charge on any atom is 0.306 e. The van der Waals surface area contributed by atoms with Gasteiger partial charge >= 0.3 is 11.9 Å². The molecule has 1 atom stereocenters. The Balaban J connectivity index is 3.93. The lowest BCUT2D eigenvalue weighted by molar-refractivity contribution is -0.163. The van der Waals surface area contributed by atoms with Crippen LogP contribution >= 0.6 is 0 Å². The Morgan fingerprint density at radius 2 is 0.660 bits per heavy atom. The summed E-state index contributed by atoms with van der Waals surface area (Å²) in [6.07, 6.45) is 44.1. The second kappa shape index (κ2) is 42.3. The van der Waals surface area contributed by atoms with E-state index in [1.54, 1.807) is 0 Å². The van der Waals surface area contributed by atoms with E-state index in [9.17, 15) is 9.59 Å². The van der Waals surface area contributed by atoms with E-state index in [4.69, 9.17) is 14.2 Å². The highest BCUT2D eigenvalue weighted by atomic mass is 16.6. The van der Waals surface area contributed by atoms with Crippen molar-refractivity contribution in [2.24, 2.45) is 0 Å². The van der Waals surface area contributed by atoms with E-state index in [2.05, 4.69) is 20.8 Å². The molecule has 0 aliphatic rings. The van der Waals surface area contributed by atoms with Crippen molar-refractivity contribution in [3.63, 3.8) is 0 Å². The Morgan fingerprint density at radius 1 is 0.360 bits per heavy atom. The Bertz CT molecular complexity index is 680.